The maximum absolute atomic E-state index is 12.6. The van der Waals surface area contributed by atoms with E-state index in [-0.39, 0.29) is 17.2 Å². The van der Waals surface area contributed by atoms with Gasteiger partial charge in [0, 0.05) is 5.56 Å². The Hall–Kier alpha value is -3.40. The normalized spacial score (nSPS) is 10.3. The second kappa shape index (κ2) is 7.01. The van der Waals surface area contributed by atoms with E-state index < -0.39 is 5.97 Å². The van der Waals surface area contributed by atoms with Crippen LogP contribution in [0.1, 0.15) is 26.3 Å². The van der Waals surface area contributed by atoms with E-state index in [1.54, 1.807) is 24.3 Å². The first-order chi connectivity index (χ1) is 12.1. The lowest BCUT2D eigenvalue weighted by Crippen LogP contribution is -2.16. The van der Waals surface area contributed by atoms with Crippen LogP contribution < -0.4 is 5.32 Å². The number of carbonyl (C=O) groups excluding carboxylic acids is 1. The number of hydrogen-bond acceptors (Lipinski definition) is 2. The summed E-state index contributed by atoms with van der Waals surface area (Å²) in [7, 11) is 0. The number of aryl methyl sites for hydroxylation is 1. The van der Waals surface area contributed by atoms with Gasteiger partial charge in [-0.2, -0.15) is 0 Å². The summed E-state index contributed by atoms with van der Waals surface area (Å²) in [6.07, 6.45) is 0. The zero-order valence-corrected chi connectivity index (χ0v) is 13.7. The fraction of sp³-hybridized carbons (Fsp3) is 0.0476. The minimum atomic E-state index is -1.08. The van der Waals surface area contributed by atoms with Crippen LogP contribution >= 0.6 is 0 Å². The number of hydrogen-bond donors (Lipinski definition) is 2. The maximum atomic E-state index is 12.6. The molecule has 0 aliphatic rings. The second-order valence-electron chi connectivity index (χ2n) is 5.70. The first-order valence-electron chi connectivity index (χ1n) is 7.86. The molecule has 3 aromatic carbocycles. The number of carboxylic acids is 1. The predicted molar refractivity (Wildman–Crippen MR) is 98.0 cm³/mol. The van der Waals surface area contributed by atoms with Gasteiger partial charge in [-0.15, -0.1) is 0 Å². The van der Waals surface area contributed by atoms with Gasteiger partial charge in [0.2, 0.25) is 0 Å². The van der Waals surface area contributed by atoms with Gasteiger partial charge in [0.1, 0.15) is 0 Å². The summed E-state index contributed by atoms with van der Waals surface area (Å²) in [5, 5.41) is 12.2. The van der Waals surface area contributed by atoms with E-state index in [1.807, 2.05) is 49.4 Å². The summed E-state index contributed by atoms with van der Waals surface area (Å²) < 4.78 is 0. The van der Waals surface area contributed by atoms with E-state index in [0.717, 1.165) is 16.7 Å². The fourth-order valence-electron chi connectivity index (χ4n) is 2.66. The van der Waals surface area contributed by atoms with Crippen LogP contribution in [0.3, 0.4) is 0 Å². The minimum Gasteiger partial charge on any atom is -0.478 e. The highest BCUT2D eigenvalue weighted by atomic mass is 16.4. The molecule has 4 nitrogen and oxygen atoms in total. The van der Waals surface area contributed by atoms with Gasteiger partial charge < -0.3 is 10.4 Å². The van der Waals surface area contributed by atoms with Crippen LogP contribution in [0, 0.1) is 6.92 Å². The van der Waals surface area contributed by atoms with Gasteiger partial charge in [-0.25, -0.2) is 4.79 Å². The van der Waals surface area contributed by atoms with Gasteiger partial charge in [-0.3, -0.25) is 4.79 Å². The number of benzene rings is 3. The molecule has 0 aromatic heterocycles. The standard InChI is InChI=1S/C21H17NO3/c1-14-7-5-6-10-17(14)20(23)22-19-13-16(11-12-18(19)21(24)25)15-8-3-2-4-9-15/h2-13H,1H3,(H,22,23)(H,24,25). The van der Waals surface area contributed by atoms with Crippen molar-refractivity contribution in [2.45, 2.75) is 6.92 Å². The van der Waals surface area contributed by atoms with E-state index in [9.17, 15) is 14.7 Å². The molecular weight excluding hydrogens is 314 g/mol. The molecular formula is C21H17NO3. The quantitative estimate of drug-likeness (QED) is 0.733. The van der Waals surface area contributed by atoms with Crippen molar-refractivity contribution in [3.63, 3.8) is 0 Å². The van der Waals surface area contributed by atoms with Crippen molar-refractivity contribution < 1.29 is 14.7 Å². The Labute approximate surface area is 145 Å². The lowest BCUT2D eigenvalue weighted by molar-refractivity contribution is 0.0698. The van der Waals surface area contributed by atoms with E-state index in [4.69, 9.17) is 0 Å². The third kappa shape index (κ3) is 3.58. The average molecular weight is 331 g/mol. The molecule has 2 N–H and O–H groups in total. The molecule has 1 amide bonds. The van der Waals surface area contributed by atoms with Crippen LogP contribution in [-0.2, 0) is 0 Å². The summed E-state index contributed by atoms with van der Waals surface area (Å²) in [6, 6.07) is 21.7. The molecule has 0 spiro atoms. The zero-order chi connectivity index (χ0) is 17.8. The molecule has 25 heavy (non-hydrogen) atoms. The third-order valence-corrected chi connectivity index (χ3v) is 3.99. The van der Waals surface area contributed by atoms with Crippen molar-refractivity contribution in [2.24, 2.45) is 0 Å². The summed E-state index contributed by atoms with van der Waals surface area (Å²) >= 11 is 0. The largest absolute Gasteiger partial charge is 0.478 e. The van der Waals surface area contributed by atoms with Gasteiger partial charge in [0.15, 0.2) is 0 Å². The van der Waals surface area contributed by atoms with Crippen LogP contribution in [-0.4, -0.2) is 17.0 Å². The topological polar surface area (TPSA) is 66.4 Å². The molecule has 124 valence electrons. The molecule has 0 fully saturated rings. The molecule has 0 radical (unpaired) electrons. The van der Waals surface area contributed by atoms with Crippen molar-refractivity contribution >= 4 is 17.6 Å². The Morgan fingerprint density at radius 2 is 1.48 bits per heavy atom. The molecule has 3 rings (SSSR count). The first kappa shape index (κ1) is 16.5. The van der Waals surface area contributed by atoms with E-state index >= 15 is 0 Å². The minimum absolute atomic E-state index is 0.0571. The number of carboxylic acid groups (broad SMARTS) is 1. The summed E-state index contributed by atoms with van der Waals surface area (Å²) in [5.41, 5.74) is 3.47. The van der Waals surface area contributed by atoms with Crippen molar-refractivity contribution in [1.29, 1.82) is 0 Å². The van der Waals surface area contributed by atoms with Crippen LogP contribution in [0.4, 0.5) is 5.69 Å². The van der Waals surface area contributed by atoms with E-state index in [1.165, 1.54) is 6.07 Å². The SMILES string of the molecule is Cc1ccccc1C(=O)Nc1cc(-c2ccccc2)ccc1C(=O)O. The Balaban J connectivity index is 2.00. The molecule has 0 heterocycles. The molecule has 0 aliphatic carbocycles. The Morgan fingerprint density at radius 1 is 0.800 bits per heavy atom. The number of aromatic carboxylic acids is 1. The summed E-state index contributed by atoms with van der Waals surface area (Å²) in [4.78, 5) is 24.1. The van der Waals surface area contributed by atoms with Crippen LogP contribution in [0.25, 0.3) is 11.1 Å². The number of anilines is 1. The van der Waals surface area contributed by atoms with Crippen molar-refractivity contribution in [2.75, 3.05) is 5.32 Å². The number of carbonyl (C=O) groups is 2. The smallest absolute Gasteiger partial charge is 0.337 e. The molecule has 0 bridgehead atoms. The Morgan fingerprint density at radius 3 is 2.16 bits per heavy atom. The number of nitrogens with one attached hydrogen (secondary N) is 1. The lowest BCUT2D eigenvalue weighted by atomic mass is 10.0. The predicted octanol–water partition coefficient (Wildman–Crippen LogP) is 4.61. The van der Waals surface area contributed by atoms with Gasteiger partial charge in [0.25, 0.3) is 5.91 Å². The lowest BCUT2D eigenvalue weighted by Gasteiger charge is -2.12. The molecule has 0 saturated heterocycles. The maximum Gasteiger partial charge on any atom is 0.337 e. The fourth-order valence-corrected chi connectivity index (χ4v) is 2.66. The summed E-state index contributed by atoms with van der Waals surface area (Å²) in [5.74, 6) is -1.41. The highest BCUT2D eigenvalue weighted by Gasteiger charge is 2.15. The molecule has 3 aromatic rings. The van der Waals surface area contributed by atoms with Gasteiger partial charge in [-0.1, -0.05) is 54.6 Å². The first-order valence-corrected chi connectivity index (χ1v) is 7.86. The Bertz CT molecular complexity index is 933. The highest BCUT2D eigenvalue weighted by molar-refractivity contribution is 6.08. The van der Waals surface area contributed by atoms with Crippen molar-refractivity contribution in [3.8, 4) is 11.1 Å². The third-order valence-electron chi connectivity index (χ3n) is 3.99. The number of rotatable bonds is 4. The van der Waals surface area contributed by atoms with Gasteiger partial charge in [0.05, 0.1) is 11.3 Å². The summed E-state index contributed by atoms with van der Waals surface area (Å²) in [6.45, 7) is 1.84. The van der Waals surface area contributed by atoms with E-state index in [0.29, 0.717) is 5.56 Å². The van der Waals surface area contributed by atoms with Gasteiger partial charge in [-0.05, 0) is 41.8 Å². The van der Waals surface area contributed by atoms with E-state index in [2.05, 4.69) is 5.32 Å². The number of amides is 1. The van der Waals surface area contributed by atoms with Crippen LogP contribution in [0.2, 0.25) is 0 Å². The monoisotopic (exact) mass is 331 g/mol. The highest BCUT2D eigenvalue weighted by Crippen LogP contribution is 2.26. The molecule has 0 unspecified atom stereocenters. The molecule has 0 saturated carbocycles. The van der Waals surface area contributed by atoms with Crippen LogP contribution in [0.15, 0.2) is 72.8 Å². The van der Waals surface area contributed by atoms with Crippen LogP contribution in [0.5, 0.6) is 0 Å². The van der Waals surface area contributed by atoms with Crippen molar-refractivity contribution in [1.82, 2.24) is 0 Å². The van der Waals surface area contributed by atoms with Crippen molar-refractivity contribution in [3.05, 3.63) is 89.5 Å². The average Bonchev–Trinajstić information content (AvgIpc) is 2.62. The second-order valence-corrected chi connectivity index (χ2v) is 5.70. The molecule has 0 atom stereocenters. The van der Waals surface area contributed by atoms with Gasteiger partial charge >= 0.3 is 5.97 Å². The molecule has 4 heteroatoms. The Kier molecular flexibility index (Phi) is 4.61. The zero-order valence-electron chi connectivity index (χ0n) is 13.7. The molecule has 0 aliphatic heterocycles.